The van der Waals surface area contributed by atoms with Gasteiger partial charge in [-0.3, -0.25) is 4.90 Å². The summed E-state index contributed by atoms with van der Waals surface area (Å²) in [4.78, 5) is 1.43. The molecule has 0 saturated heterocycles. The Morgan fingerprint density at radius 2 is 1.87 bits per heavy atom. The Labute approximate surface area is 88.8 Å². The lowest BCUT2D eigenvalue weighted by atomic mass is 9.89. The van der Waals surface area contributed by atoms with E-state index in [-0.39, 0.29) is 12.1 Å². The van der Waals surface area contributed by atoms with Crippen molar-refractivity contribution in [2.75, 3.05) is 20.6 Å². The van der Waals surface area contributed by atoms with Crippen molar-refractivity contribution in [2.24, 2.45) is 0 Å². The molecule has 0 spiro atoms. The molecule has 1 fully saturated rings. The third kappa shape index (κ3) is 3.99. The van der Waals surface area contributed by atoms with Crippen molar-refractivity contribution >= 4 is 0 Å². The van der Waals surface area contributed by atoms with Crippen LogP contribution >= 0.6 is 0 Å². The first kappa shape index (κ1) is 12.8. The Balaban J connectivity index is 2.52. The number of likely N-dealkylation sites (N-methyl/N-ethyl adjacent to an activating group) is 2. The summed E-state index contributed by atoms with van der Waals surface area (Å²) in [5, 5.41) is 3.11. The lowest BCUT2D eigenvalue weighted by molar-refractivity contribution is -0.149. The molecule has 1 aliphatic carbocycles. The first-order valence-corrected chi connectivity index (χ1v) is 5.38. The molecular formula is C10H19F3N2. The van der Waals surface area contributed by atoms with Crippen LogP contribution < -0.4 is 5.32 Å². The van der Waals surface area contributed by atoms with E-state index < -0.39 is 12.7 Å². The number of nitrogens with one attached hydrogen (secondary N) is 1. The second-order valence-corrected chi connectivity index (χ2v) is 4.28. The minimum Gasteiger partial charge on any atom is -0.315 e. The fraction of sp³-hybridized carbons (Fsp3) is 1.00. The van der Waals surface area contributed by atoms with Crippen LogP contribution in [0.1, 0.15) is 25.7 Å². The SMILES string of the molecule is CNC1CCCCC1N(C)CC(F)(F)F. The van der Waals surface area contributed by atoms with Crippen molar-refractivity contribution in [3.8, 4) is 0 Å². The molecule has 0 bridgehead atoms. The summed E-state index contributed by atoms with van der Waals surface area (Å²) in [6.45, 7) is -0.810. The van der Waals surface area contributed by atoms with Crippen LogP contribution in [0, 0.1) is 0 Å². The average Bonchev–Trinajstić information content (AvgIpc) is 2.15. The molecule has 2 unspecified atom stereocenters. The van der Waals surface area contributed by atoms with Crippen LogP contribution in [0.3, 0.4) is 0 Å². The van der Waals surface area contributed by atoms with Gasteiger partial charge in [-0.05, 0) is 26.9 Å². The number of rotatable bonds is 3. The summed E-state index contributed by atoms with van der Waals surface area (Å²) in [5.41, 5.74) is 0. The lowest BCUT2D eigenvalue weighted by Gasteiger charge is -2.38. The molecule has 0 amide bonds. The van der Waals surface area contributed by atoms with Gasteiger partial charge in [-0.15, -0.1) is 0 Å². The van der Waals surface area contributed by atoms with E-state index in [1.54, 1.807) is 7.05 Å². The van der Waals surface area contributed by atoms with E-state index in [0.29, 0.717) is 0 Å². The van der Waals surface area contributed by atoms with Crippen molar-refractivity contribution in [2.45, 2.75) is 43.9 Å². The molecule has 1 aliphatic rings. The van der Waals surface area contributed by atoms with Crippen LogP contribution in [-0.4, -0.2) is 43.8 Å². The van der Waals surface area contributed by atoms with Gasteiger partial charge < -0.3 is 5.32 Å². The predicted octanol–water partition coefficient (Wildman–Crippen LogP) is 2.01. The van der Waals surface area contributed by atoms with Gasteiger partial charge in [0.05, 0.1) is 6.54 Å². The Morgan fingerprint density at radius 3 is 2.40 bits per heavy atom. The summed E-state index contributed by atoms with van der Waals surface area (Å²) < 4.78 is 36.7. The molecule has 2 atom stereocenters. The van der Waals surface area contributed by atoms with Crippen LogP contribution in [0.25, 0.3) is 0 Å². The number of hydrogen-bond donors (Lipinski definition) is 1. The maximum absolute atomic E-state index is 12.2. The van der Waals surface area contributed by atoms with Crippen molar-refractivity contribution in [3.05, 3.63) is 0 Å². The minimum absolute atomic E-state index is 0.0189. The normalized spacial score (nSPS) is 28.4. The fourth-order valence-corrected chi connectivity index (χ4v) is 2.38. The van der Waals surface area contributed by atoms with Crippen LogP contribution in [0.15, 0.2) is 0 Å². The zero-order chi connectivity index (χ0) is 11.5. The molecule has 1 rings (SSSR count). The maximum atomic E-state index is 12.2. The van der Waals surface area contributed by atoms with E-state index in [1.165, 1.54) is 4.90 Å². The Morgan fingerprint density at radius 1 is 1.27 bits per heavy atom. The van der Waals surface area contributed by atoms with Crippen molar-refractivity contribution in [1.82, 2.24) is 10.2 Å². The van der Waals surface area contributed by atoms with Crippen molar-refractivity contribution in [1.29, 1.82) is 0 Å². The molecule has 15 heavy (non-hydrogen) atoms. The largest absolute Gasteiger partial charge is 0.401 e. The van der Waals surface area contributed by atoms with Gasteiger partial charge in [0.2, 0.25) is 0 Å². The molecule has 0 radical (unpaired) electrons. The maximum Gasteiger partial charge on any atom is 0.401 e. The van der Waals surface area contributed by atoms with Gasteiger partial charge >= 0.3 is 6.18 Å². The fourth-order valence-electron chi connectivity index (χ4n) is 2.38. The molecule has 0 heterocycles. The third-order valence-corrected chi connectivity index (χ3v) is 3.10. The summed E-state index contributed by atoms with van der Waals surface area (Å²) in [6, 6.07) is 0.219. The minimum atomic E-state index is -4.09. The second-order valence-electron chi connectivity index (χ2n) is 4.28. The average molecular weight is 224 g/mol. The smallest absolute Gasteiger partial charge is 0.315 e. The summed E-state index contributed by atoms with van der Waals surface area (Å²) in [7, 11) is 3.39. The zero-order valence-corrected chi connectivity index (χ0v) is 9.27. The van der Waals surface area contributed by atoms with Crippen molar-refractivity contribution < 1.29 is 13.2 Å². The molecule has 0 aromatic carbocycles. The highest BCUT2D eigenvalue weighted by molar-refractivity contribution is 4.86. The van der Waals surface area contributed by atoms with Crippen LogP contribution in [0.4, 0.5) is 13.2 Å². The summed E-state index contributed by atoms with van der Waals surface area (Å²) in [6.07, 6.45) is -0.112. The number of halogens is 3. The Hall–Kier alpha value is -0.290. The van der Waals surface area contributed by atoms with Crippen LogP contribution in [0.5, 0.6) is 0 Å². The van der Waals surface area contributed by atoms with Gasteiger partial charge in [0.15, 0.2) is 0 Å². The van der Waals surface area contributed by atoms with Gasteiger partial charge in [0.25, 0.3) is 0 Å². The molecular weight excluding hydrogens is 205 g/mol. The highest BCUT2D eigenvalue weighted by Gasteiger charge is 2.35. The highest BCUT2D eigenvalue weighted by Crippen LogP contribution is 2.25. The molecule has 0 aromatic rings. The van der Waals surface area contributed by atoms with E-state index in [0.717, 1.165) is 25.7 Å². The standard InChI is InChI=1S/C10H19F3N2/c1-14-8-5-3-4-6-9(8)15(2)7-10(11,12)13/h8-9,14H,3-7H2,1-2H3. The highest BCUT2D eigenvalue weighted by atomic mass is 19.4. The topological polar surface area (TPSA) is 15.3 Å². The molecule has 2 nitrogen and oxygen atoms in total. The van der Waals surface area contributed by atoms with Gasteiger partial charge in [0, 0.05) is 12.1 Å². The van der Waals surface area contributed by atoms with E-state index in [9.17, 15) is 13.2 Å². The molecule has 5 heteroatoms. The van der Waals surface area contributed by atoms with Gasteiger partial charge in [-0.2, -0.15) is 13.2 Å². The second kappa shape index (κ2) is 5.16. The predicted molar refractivity (Wildman–Crippen MR) is 53.8 cm³/mol. The Bertz CT molecular complexity index is 194. The number of nitrogens with zero attached hydrogens (tertiary/aromatic N) is 1. The first-order chi connectivity index (χ1) is 6.94. The van der Waals surface area contributed by atoms with Crippen molar-refractivity contribution in [3.63, 3.8) is 0 Å². The van der Waals surface area contributed by atoms with Crippen LogP contribution in [0.2, 0.25) is 0 Å². The molecule has 0 aromatic heterocycles. The van der Waals surface area contributed by atoms with E-state index in [1.807, 2.05) is 7.05 Å². The van der Waals surface area contributed by atoms with E-state index in [4.69, 9.17) is 0 Å². The van der Waals surface area contributed by atoms with Crippen LogP contribution in [-0.2, 0) is 0 Å². The lowest BCUT2D eigenvalue weighted by Crippen LogP contribution is -2.51. The zero-order valence-electron chi connectivity index (χ0n) is 9.27. The first-order valence-electron chi connectivity index (χ1n) is 5.38. The van der Waals surface area contributed by atoms with Gasteiger partial charge in [-0.1, -0.05) is 12.8 Å². The van der Waals surface area contributed by atoms with Gasteiger partial charge in [0.1, 0.15) is 0 Å². The quantitative estimate of drug-likeness (QED) is 0.789. The summed E-state index contributed by atoms with van der Waals surface area (Å²) in [5.74, 6) is 0. The number of hydrogen-bond acceptors (Lipinski definition) is 2. The molecule has 1 saturated carbocycles. The number of alkyl halides is 3. The monoisotopic (exact) mass is 224 g/mol. The summed E-state index contributed by atoms with van der Waals surface area (Å²) >= 11 is 0. The molecule has 1 N–H and O–H groups in total. The molecule has 0 aliphatic heterocycles. The van der Waals surface area contributed by atoms with E-state index >= 15 is 0 Å². The molecule has 90 valence electrons. The Kier molecular flexibility index (Phi) is 4.40. The van der Waals surface area contributed by atoms with E-state index in [2.05, 4.69) is 5.32 Å². The van der Waals surface area contributed by atoms with Gasteiger partial charge in [-0.25, -0.2) is 0 Å². The third-order valence-electron chi connectivity index (χ3n) is 3.10.